The topological polar surface area (TPSA) is 49.3 Å². The summed E-state index contributed by atoms with van der Waals surface area (Å²) >= 11 is 1.65. The van der Waals surface area contributed by atoms with Crippen molar-refractivity contribution in [1.29, 1.82) is 0 Å². The lowest BCUT2D eigenvalue weighted by Gasteiger charge is -2.07. The average Bonchev–Trinajstić information content (AvgIpc) is 2.79. The van der Waals surface area contributed by atoms with Gasteiger partial charge in [-0.05, 0) is 23.6 Å². The average molecular weight is 270 g/mol. The molecular weight excluding hydrogens is 258 g/mol. The second-order valence-corrected chi connectivity index (χ2v) is 4.32. The Kier molecular flexibility index (Phi) is 5.00. The Morgan fingerprint density at radius 2 is 2.00 bits per heavy atom. The van der Waals surface area contributed by atoms with Gasteiger partial charge in [-0.15, -0.1) is 23.7 Å². The highest BCUT2D eigenvalue weighted by molar-refractivity contribution is 7.09. The Labute approximate surface area is 110 Å². The summed E-state index contributed by atoms with van der Waals surface area (Å²) in [4.78, 5) is 12.1. The predicted molar refractivity (Wildman–Crippen MR) is 72.3 cm³/mol. The molecule has 0 amide bonds. The number of benzene rings is 1. The molecule has 0 radical (unpaired) electrons. The maximum atomic E-state index is 10.9. The number of para-hydroxylation sites is 1. The molecule has 17 heavy (non-hydrogen) atoms. The van der Waals surface area contributed by atoms with E-state index < -0.39 is 5.97 Å². The monoisotopic (exact) mass is 269 g/mol. The molecule has 0 saturated heterocycles. The minimum absolute atomic E-state index is 0. The summed E-state index contributed by atoms with van der Waals surface area (Å²) in [6.07, 6.45) is 0. The summed E-state index contributed by atoms with van der Waals surface area (Å²) in [6, 6.07) is 10.9. The van der Waals surface area contributed by atoms with Gasteiger partial charge >= 0.3 is 5.97 Å². The maximum absolute atomic E-state index is 10.9. The molecule has 2 rings (SSSR count). The molecule has 0 aliphatic heterocycles. The Morgan fingerprint density at radius 3 is 2.65 bits per heavy atom. The van der Waals surface area contributed by atoms with Crippen LogP contribution in [0.4, 0.5) is 5.69 Å². The van der Waals surface area contributed by atoms with Crippen LogP contribution in [-0.4, -0.2) is 11.1 Å². The lowest BCUT2D eigenvalue weighted by Crippen LogP contribution is -2.05. The molecule has 0 atom stereocenters. The van der Waals surface area contributed by atoms with Crippen LogP contribution in [0.1, 0.15) is 15.2 Å². The van der Waals surface area contributed by atoms with Gasteiger partial charge in [0.25, 0.3) is 0 Å². The molecule has 0 spiro atoms. The highest BCUT2D eigenvalue weighted by Crippen LogP contribution is 2.17. The lowest BCUT2D eigenvalue weighted by atomic mass is 10.2. The lowest BCUT2D eigenvalue weighted by molar-refractivity contribution is 0.0698. The molecule has 1 aromatic carbocycles. The summed E-state index contributed by atoms with van der Waals surface area (Å²) in [5.74, 6) is -0.908. The number of aromatic carboxylic acids is 1. The first-order chi connectivity index (χ1) is 7.77. The van der Waals surface area contributed by atoms with Crippen molar-refractivity contribution in [2.24, 2.45) is 0 Å². The number of carbonyl (C=O) groups is 1. The number of rotatable bonds is 4. The molecule has 2 N–H and O–H groups in total. The standard InChI is InChI=1S/C12H11NO2S.ClH/c14-12(15)10-5-1-2-6-11(10)13-8-9-4-3-7-16-9;/h1-7,13H,8H2,(H,14,15);1H. The van der Waals surface area contributed by atoms with Crippen molar-refractivity contribution in [2.75, 3.05) is 5.32 Å². The second-order valence-electron chi connectivity index (χ2n) is 3.28. The highest BCUT2D eigenvalue weighted by Gasteiger charge is 2.08. The predicted octanol–water partition coefficient (Wildman–Crippen LogP) is 3.48. The second kappa shape index (κ2) is 6.27. The Balaban J connectivity index is 0.00000144. The molecule has 1 aromatic heterocycles. The molecule has 5 heteroatoms. The van der Waals surface area contributed by atoms with Gasteiger partial charge in [-0.2, -0.15) is 0 Å². The number of thiophene rings is 1. The van der Waals surface area contributed by atoms with Crippen LogP contribution in [0.2, 0.25) is 0 Å². The van der Waals surface area contributed by atoms with Crippen molar-refractivity contribution in [1.82, 2.24) is 0 Å². The fraction of sp³-hybridized carbons (Fsp3) is 0.0833. The van der Waals surface area contributed by atoms with Crippen LogP contribution >= 0.6 is 23.7 Å². The van der Waals surface area contributed by atoms with E-state index in [0.717, 1.165) is 0 Å². The molecule has 2 aromatic rings. The van der Waals surface area contributed by atoms with E-state index in [1.165, 1.54) is 4.88 Å². The Bertz CT molecular complexity index is 485. The van der Waals surface area contributed by atoms with E-state index in [1.807, 2.05) is 23.6 Å². The number of halogens is 1. The van der Waals surface area contributed by atoms with Gasteiger partial charge in [0.05, 0.1) is 5.56 Å². The third-order valence-electron chi connectivity index (χ3n) is 2.19. The number of carboxylic acids is 1. The molecule has 0 saturated carbocycles. The zero-order valence-electron chi connectivity index (χ0n) is 8.92. The minimum Gasteiger partial charge on any atom is -0.478 e. The summed E-state index contributed by atoms with van der Waals surface area (Å²) in [6.45, 7) is 0.655. The quantitative estimate of drug-likeness (QED) is 0.893. The van der Waals surface area contributed by atoms with E-state index in [1.54, 1.807) is 29.5 Å². The normalized spacial score (nSPS) is 9.41. The number of anilines is 1. The van der Waals surface area contributed by atoms with Crippen molar-refractivity contribution in [3.8, 4) is 0 Å². The van der Waals surface area contributed by atoms with Crippen LogP contribution in [0.3, 0.4) is 0 Å². The largest absolute Gasteiger partial charge is 0.478 e. The van der Waals surface area contributed by atoms with Gasteiger partial charge < -0.3 is 10.4 Å². The molecule has 0 fully saturated rings. The maximum Gasteiger partial charge on any atom is 0.337 e. The van der Waals surface area contributed by atoms with Crippen molar-refractivity contribution in [2.45, 2.75) is 6.54 Å². The SMILES string of the molecule is Cl.O=C(O)c1ccccc1NCc1cccs1. The third-order valence-corrected chi connectivity index (χ3v) is 3.07. The van der Waals surface area contributed by atoms with Gasteiger partial charge in [0.15, 0.2) is 0 Å². The minimum atomic E-state index is -0.908. The first-order valence-corrected chi connectivity index (χ1v) is 5.74. The van der Waals surface area contributed by atoms with Crippen LogP contribution in [0.25, 0.3) is 0 Å². The van der Waals surface area contributed by atoms with E-state index in [0.29, 0.717) is 17.8 Å². The molecule has 0 bridgehead atoms. The van der Waals surface area contributed by atoms with Crippen molar-refractivity contribution in [3.63, 3.8) is 0 Å². The Hall–Kier alpha value is -1.52. The highest BCUT2D eigenvalue weighted by atomic mass is 35.5. The number of carboxylic acid groups (broad SMARTS) is 1. The fourth-order valence-electron chi connectivity index (χ4n) is 1.42. The first kappa shape index (κ1) is 13.5. The van der Waals surface area contributed by atoms with E-state index in [4.69, 9.17) is 5.11 Å². The smallest absolute Gasteiger partial charge is 0.337 e. The van der Waals surface area contributed by atoms with Gasteiger partial charge in [0, 0.05) is 17.1 Å². The first-order valence-electron chi connectivity index (χ1n) is 4.86. The number of hydrogen-bond donors (Lipinski definition) is 2. The summed E-state index contributed by atoms with van der Waals surface area (Å²) in [5, 5.41) is 14.1. The third kappa shape index (κ3) is 3.47. The van der Waals surface area contributed by atoms with E-state index >= 15 is 0 Å². The van der Waals surface area contributed by atoms with Crippen molar-refractivity contribution < 1.29 is 9.90 Å². The summed E-state index contributed by atoms with van der Waals surface area (Å²) < 4.78 is 0. The number of nitrogens with one attached hydrogen (secondary N) is 1. The zero-order chi connectivity index (χ0) is 11.4. The molecule has 3 nitrogen and oxygen atoms in total. The van der Waals surface area contributed by atoms with Crippen LogP contribution < -0.4 is 5.32 Å². The molecule has 0 aliphatic rings. The zero-order valence-corrected chi connectivity index (χ0v) is 10.6. The van der Waals surface area contributed by atoms with Gasteiger partial charge in [-0.3, -0.25) is 0 Å². The molecule has 0 aliphatic carbocycles. The fourth-order valence-corrected chi connectivity index (χ4v) is 2.06. The van der Waals surface area contributed by atoms with Crippen LogP contribution in [0.15, 0.2) is 41.8 Å². The molecule has 0 unspecified atom stereocenters. The van der Waals surface area contributed by atoms with E-state index in [2.05, 4.69) is 5.32 Å². The van der Waals surface area contributed by atoms with E-state index in [9.17, 15) is 4.79 Å². The van der Waals surface area contributed by atoms with Crippen molar-refractivity contribution >= 4 is 35.4 Å². The van der Waals surface area contributed by atoms with E-state index in [-0.39, 0.29) is 12.4 Å². The molecule has 1 heterocycles. The number of hydrogen-bond acceptors (Lipinski definition) is 3. The Morgan fingerprint density at radius 1 is 1.24 bits per heavy atom. The summed E-state index contributed by atoms with van der Waals surface area (Å²) in [7, 11) is 0. The van der Waals surface area contributed by atoms with Gasteiger partial charge in [0.1, 0.15) is 0 Å². The van der Waals surface area contributed by atoms with Crippen molar-refractivity contribution in [3.05, 3.63) is 52.2 Å². The molecule has 90 valence electrons. The van der Waals surface area contributed by atoms with Crippen LogP contribution in [-0.2, 0) is 6.54 Å². The summed E-state index contributed by atoms with van der Waals surface area (Å²) in [5.41, 5.74) is 0.961. The van der Waals surface area contributed by atoms with Gasteiger partial charge in [0.2, 0.25) is 0 Å². The van der Waals surface area contributed by atoms with Crippen LogP contribution in [0.5, 0.6) is 0 Å². The van der Waals surface area contributed by atoms with Crippen LogP contribution in [0, 0.1) is 0 Å². The van der Waals surface area contributed by atoms with Gasteiger partial charge in [-0.1, -0.05) is 18.2 Å². The van der Waals surface area contributed by atoms with Gasteiger partial charge in [-0.25, -0.2) is 4.79 Å². The molecular formula is C12H12ClNO2S.